The van der Waals surface area contributed by atoms with Crippen molar-refractivity contribution in [3.8, 4) is 0 Å². The molecule has 1 N–H and O–H groups in total. The standard InChI is InChI=1S/C5H6N2O/c8-4-5-3-6-1-2-7-5/h2-4,6H,1H2. The van der Waals surface area contributed by atoms with Crippen LogP contribution >= 0.6 is 0 Å². The van der Waals surface area contributed by atoms with Gasteiger partial charge in [-0.15, -0.1) is 0 Å². The molecule has 1 rings (SSSR count). The Kier molecular flexibility index (Phi) is 1.42. The van der Waals surface area contributed by atoms with Gasteiger partial charge in [-0.05, 0) is 0 Å². The largest absolute Gasteiger partial charge is 0.384 e. The van der Waals surface area contributed by atoms with Crippen molar-refractivity contribution < 1.29 is 4.79 Å². The number of carbonyl (C=O) groups excluding carboxylic acids is 1. The fraction of sp³-hybridized carbons (Fsp3) is 0.200. The van der Waals surface area contributed by atoms with E-state index in [1.54, 1.807) is 12.4 Å². The average Bonchev–Trinajstić information content (AvgIpc) is 1.90. The summed E-state index contributed by atoms with van der Waals surface area (Å²) in [5.41, 5.74) is 0.455. The third-order valence-corrected chi connectivity index (χ3v) is 0.820. The maximum Gasteiger partial charge on any atom is 0.169 e. The lowest BCUT2D eigenvalue weighted by molar-refractivity contribution is -0.104. The highest BCUT2D eigenvalue weighted by Gasteiger charge is 1.91. The number of allylic oxidation sites excluding steroid dienone is 1. The summed E-state index contributed by atoms with van der Waals surface area (Å²) in [5, 5.41) is 2.84. The first-order valence-electron chi connectivity index (χ1n) is 2.35. The third-order valence-electron chi connectivity index (χ3n) is 0.820. The van der Waals surface area contributed by atoms with Gasteiger partial charge < -0.3 is 5.32 Å². The van der Waals surface area contributed by atoms with Crippen LogP contribution in [0, 0.1) is 0 Å². The Balaban J connectivity index is 2.64. The summed E-state index contributed by atoms with van der Waals surface area (Å²) in [6.07, 6.45) is 3.96. The van der Waals surface area contributed by atoms with Gasteiger partial charge in [0.05, 0.1) is 0 Å². The van der Waals surface area contributed by atoms with Crippen LogP contribution in [0.3, 0.4) is 0 Å². The first-order chi connectivity index (χ1) is 3.93. The van der Waals surface area contributed by atoms with Gasteiger partial charge in [0.1, 0.15) is 5.70 Å². The van der Waals surface area contributed by atoms with Crippen molar-refractivity contribution in [1.82, 2.24) is 5.32 Å². The number of aldehydes is 1. The Labute approximate surface area is 47.1 Å². The van der Waals surface area contributed by atoms with E-state index >= 15 is 0 Å². The Morgan fingerprint density at radius 3 is 3.12 bits per heavy atom. The quantitative estimate of drug-likeness (QED) is 0.471. The maximum atomic E-state index is 9.94. The molecular weight excluding hydrogens is 104 g/mol. The summed E-state index contributed by atoms with van der Waals surface area (Å²) in [6.45, 7) is 0.720. The number of rotatable bonds is 1. The van der Waals surface area contributed by atoms with Crippen LogP contribution in [0.5, 0.6) is 0 Å². The summed E-state index contributed by atoms with van der Waals surface area (Å²) in [6, 6.07) is 0. The molecule has 0 aromatic heterocycles. The predicted molar refractivity (Wildman–Crippen MR) is 30.6 cm³/mol. The number of hydrogen-bond acceptors (Lipinski definition) is 3. The van der Waals surface area contributed by atoms with Crippen molar-refractivity contribution >= 4 is 12.5 Å². The van der Waals surface area contributed by atoms with Gasteiger partial charge in [0.25, 0.3) is 0 Å². The van der Waals surface area contributed by atoms with Crippen LogP contribution in [0.25, 0.3) is 0 Å². The number of nitrogens with zero attached hydrogens (tertiary/aromatic N) is 1. The van der Waals surface area contributed by atoms with E-state index < -0.39 is 0 Å². The molecule has 0 spiro atoms. The molecule has 0 saturated heterocycles. The molecule has 0 radical (unpaired) electrons. The van der Waals surface area contributed by atoms with Crippen LogP contribution in [-0.2, 0) is 4.79 Å². The van der Waals surface area contributed by atoms with E-state index in [-0.39, 0.29) is 0 Å². The van der Waals surface area contributed by atoms with E-state index in [1.165, 1.54) is 0 Å². The number of aliphatic imine (C=N–C) groups is 1. The topological polar surface area (TPSA) is 41.5 Å². The molecule has 0 aromatic rings. The summed E-state index contributed by atoms with van der Waals surface area (Å²) in [5.74, 6) is 0. The lowest BCUT2D eigenvalue weighted by atomic mass is 10.5. The maximum absolute atomic E-state index is 9.94. The molecule has 1 aliphatic heterocycles. The first kappa shape index (κ1) is 5.03. The van der Waals surface area contributed by atoms with Crippen molar-refractivity contribution in [2.45, 2.75) is 0 Å². The molecule has 0 amide bonds. The van der Waals surface area contributed by atoms with Gasteiger partial charge in [-0.2, -0.15) is 0 Å². The molecule has 1 aliphatic rings. The summed E-state index contributed by atoms with van der Waals surface area (Å²) in [7, 11) is 0. The predicted octanol–water partition coefficient (Wildman–Crippen LogP) is -0.299. The highest BCUT2D eigenvalue weighted by atomic mass is 16.1. The molecule has 0 aromatic carbocycles. The molecule has 42 valence electrons. The third kappa shape index (κ3) is 0.932. The van der Waals surface area contributed by atoms with E-state index in [9.17, 15) is 4.79 Å². The van der Waals surface area contributed by atoms with Crippen LogP contribution in [0.1, 0.15) is 0 Å². The Morgan fingerprint density at radius 2 is 2.75 bits per heavy atom. The Bertz CT molecular complexity index is 149. The van der Waals surface area contributed by atoms with E-state index in [0.717, 1.165) is 6.54 Å². The van der Waals surface area contributed by atoms with E-state index in [0.29, 0.717) is 12.0 Å². The van der Waals surface area contributed by atoms with Gasteiger partial charge >= 0.3 is 0 Å². The van der Waals surface area contributed by atoms with Crippen molar-refractivity contribution in [2.24, 2.45) is 4.99 Å². The second-order valence-corrected chi connectivity index (χ2v) is 1.41. The fourth-order valence-corrected chi connectivity index (χ4v) is 0.469. The molecule has 8 heavy (non-hydrogen) atoms. The molecule has 0 atom stereocenters. The lowest BCUT2D eigenvalue weighted by Gasteiger charge is -1.99. The molecule has 3 nitrogen and oxygen atoms in total. The van der Waals surface area contributed by atoms with Gasteiger partial charge in [-0.1, -0.05) is 0 Å². The smallest absolute Gasteiger partial charge is 0.169 e. The molecule has 1 heterocycles. The SMILES string of the molecule is O=CC1=CNCC=N1. The van der Waals surface area contributed by atoms with Crippen LogP contribution in [0.15, 0.2) is 16.9 Å². The lowest BCUT2D eigenvalue weighted by Crippen LogP contribution is -2.13. The number of hydrogen-bond donors (Lipinski definition) is 1. The van der Waals surface area contributed by atoms with Crippen LogP contribution in [0.2, 0.25) is 0 Å². The first-order valence-corrected chi connectivity index (χ1v) is 2.35. The van der Waals surface area contributed by atoms with Crippen LogP contribution < -0.4 is 5.32 Å². The van der Waals surface area contributed by atoms with Gasteiger partial charge in [0.15, 0.2) is 6.29 Å². The Morgan fingerprint density at radius 1 is 1.88 bits per heavy atom. The van der Waals surface area contributed by atoms with E-state index in [4.69, 9.17) is 0 Å². The molecule has 0 bridgehead atoms. The molecule has 0 aliphatic carbocycles. The second-order valence-electron chi connectivity index (χ2n) is 1.41. The van der Waals surface area contributed by atoms with Gasteiger partial charge in [0.2, 0.25) is 0 Å². The van der Waals surface area contributed by atoms with Crippen molar-refractivity contribution in [2.75, 3.05) is 6.54 Å². The zero-order valence-electron chi connectivity index (χ0n) is 4.29. The minimum atomic E-state index is 0.455. The summed E-state index contributed by atoms with van der Waals surface area (Å²) < 4.78 is 0. The van der Waals surface area contributed by atoms with Gasteiger partial charge in [-0.3, -0.25) is 9.79 Å². The number of carbonyl (C=O) groups is 1. The zero-order valence-corrected chi connectivity index (χ0v) is 4.29. The molecule has 3 heteroatoms. The molecule has 0 fully saturated rings. The highest BCUT2D eigenvalue weighted by molar-refractivity contribution is 5.78. The number of nitrogens with one attached hydrogen (secondary N) is 1. The summed E-state index contributed by atoms with van der Waals surface area (Å²) >= 11 is 0. The molecule has 0 unspecified atom stereocenters. The van der Waals surface area contributed by atoms with Crippen molar-refractivity contribution in [1.29, 1.82) is 0 Å². The zero-order chi connectivity index (χ0) is 5.82. The van der Waals surface area contributed by atoms with Crippen LogP contribution in [0.4, 0.5) is 0 Å². The van der Waals surface area contributed by atoms with Crippen molar-refractivity contribution in [3.05, 3.63) is 11.9 Å². The highest BCUT2D eigenvalue weighted by Crippen LogP contribution is 1.89. The van der Waals surface area contributed by atoms with Crippen molar-refractivity contribution in [3.63, 3.8) is 0 Å². The Hall–Kier alpha value is -1.12. The molecule has 0 saturated carbocycles. The molecular formula is C5H6N2O. The average molecular weight is 110 g/mol. The van der Waals surface area contributed by atoms with Gasteiger partial charge in [-0.25, -0.2) is 0 Å². The second kappa shape index (κ2) is 2.26. The normalized spacial score (nSPS) is 16.8. The minimum Gasteiger partial charge on any atom is -0.384 e. The van der Waals surface area contributed by atoms with E-state index in [2.05, 4.69) is 10.3 Å². The fourth-order valence-electron chi connectivity index (χ4n) is 0.469. The van der Waals surface area contributed by atoms with Crippen LogP contribution in [-0.4, -0.2) is 19.0 Å². The van der Waals surface area contributed by atoms with E-state index in [1.807, 2.05) is 0 Å². The summed E-state index contributed by atoms with van der Waals surface area (Å²) in [4.78, 5) is 13.7. The van der Waals surface area contributed by atoms with Gasteiger partial charge in [0, 0.05) is 19.0 Å². The minimum absolute atomic E-state index is 0.455. The monoisotopic (exact) mass is 110 g/mol.